The Morgan fingerprint density at radius 2 is 1.94 bits per heavy atom. The third kappa shape index (κ3) is 5.32. The average molecular weight is 473 g/mol. The van der Waals surface area contributed by atoms with Gasteiger partial charge in [-0.1, -0.05) is 26.0 Å². The summed E-state index contributed by atoms with van der Waals surface area (Å²) in [5, 5.41) is 16.6. The highest BCUT2D eigenvalue weighted by Crippen LogP contribution is 2.38. The standard InChI is InChI=1S/C25H33N2O5P/c1-7-31-24(29)14-27-33(30,26-6)25-13-21-17(5)20(16(4)10-23(21)32-25)12-18-8-9-22(28)19(11-18)15(2)3/h8-11,13,15,28H,7,12,14H2,1-6H3,(H2,26,27,30). The first-order valence-corrected chi connectivity index (χ1v) is 12.8. The van der Waals surface area contributed by atoms with Gasteiger partial charge in [-0.15, -0.1) is 0 Å². The lowest BCUT2D eigenvalue weighted by atomic mass is 9.91. The fourth-order valence-electron chi connectivity index (χ4n) is 4.00. The summed E-state index contributed by atoms with van der Waals surface area (Å²) in [4.78, 5) is 11.7. The van der Waals surface area contributed by atoms with E-state index in [0.29, 0.717) is 17.8 Å². The van der Waals surface area contributed by atoms with Gasteiger partial charge < -0.3 is 14.3 Å². The zero-order chi connectivity index (χ0) is 24.3. The zero-order valence-electron chi connectivity index (χ0n) is 20.1. The predicted octanol–water partition coefficient (Wildman–Crippen LogP) is 4.66. The molecule has 3 N–H and O–H groups in total. The van der Waals surface area contributed by atoms with E-state index in [1.165, 1.54) is 0 Å². The van der Waals surface area contributed by atoms with Gasteiger partial charge in [0.1, 0.15) is 17.9 Å². The number of carbonyl (C=O) groups is 1. The third-order valence-corrected chi connectivity index (χ3v) is 7.97. The monoisotopic (exact) mass is 472 g/mol. The van der Waals surface area contributed by atoms with Crippen LogP contribution in [0.25, 0.3) is 11.0 Å². The Labute approximate surface area is 195 Å². The number of rotatable bonds is 9. The number of fused-ring (bicyclic) bond motifs is 1. The molecular formula is C25H33N2O5P. The maximum Gasteiger partial charge on any atom is 0.320 e. The summed E-state index contributed by atoms with van der Waals surface area (Å²) in [6.07, 6.45) is 0.707. The van der Waals surface area contributed by atoms with E-state index >= 15 is 0 Å². The van der Waals surface area contributed by atoms with Crippen molar-refractivity contribution in [3.63, 3.8) is 0 Å². The van der Waals surface area contributed by atoms with Crippen LogP contribution >= 0.6 is 7.44 Å². The van der Waals surface area contributed by atoms with Crippen LogP contribution in [0.15, 0.2) is 34.7 Å². The van der Waals surface area contributed by atoms with Crippen molar-refractivity contribution >= 4 is 29.9 Å². The number of phenols is 1. The molecule has 0 radical (unpaired) electrons. The first-order valence-electron chi connectivity index (χ1n) is 11.1. The largest absolute Gasteiger partial charge is 0.508 e. The van der Waals surface area contributed by atoms with Crippen molar-refractivity contribution in [2.75, 3.05) is 20.2 Å². The van der Waals surface area contributed by atoms with E-state index in [-0.39, 0.29) is 24.6 Å². The van der Waals surface area contributed by atoms with Gasteiger partial charge in [-0.25, -0.2) is 5.09 Å². The minimum absolute atomic E-state index is 0.189. The summed E-state index contributed by atoms with van der Waals surface area (Å²) >= 11 is 0. The molecule has 3 aromatic rings. The molecule has 3 rings (SSSR count). The van der Waals surface area contributed by atoms with Crippen LogP contribution in [0.4, 0.5) is 0 Å². The normalized spacial score (nSPS) is 13.4. The number of hydrogen-bond acceptors (Lipinski definition) is 5. The van der Waals surface area contributed by atoms with Crippen LogP contribution in [0, 0.1) is 13.8 Å². The molecule has 0 amide bonds. The van der Waals surface area contributed by atoms with Gasteiger partial charge in [0.25, 0.3) is 7.44 Å². The molecular weight excluding hydrogens is 439 g/mol. The number of carbonyl (C=O) groups excluding carboxylic acids is 1. The number of benzene rings is 2. The van der Waals surface area contributed by atoms with Crippen molar-refractivity contribution in [3.8, 4) is 5.75 Å². The number of aromatic hydroxyl groups is 1. The van der Waals surface area contributed by atoms with Gasteiger partial charge in [-0.2, -0.15) is 0 Å². The van der Waals surface area contributed by atoms with Crippen molar-refractivity contribution in [2.45, 2.75) is 47.0 Å². The van der Waals surface area contributed by atoms with Crippen LogP contribution in [-0.4, -0.2) is 31.3 Å². The Balaban J connectivity index is 1.97. The quantitative estimate of drug-likeness (QED) is 0.308. The smallest absolute Gasteiger partial charge is 0.320 e. The van der Waals surface area contributed by atoms with Crippen molar-refractivity contribution in [2.24, 2.45) is 0 Å². The highest BCUT2D eigenvalue weighted by Gasteiger charge is 2.29. The average Bonchev–Trinajstić information content (AvgIpc) is 3.21. The molecule has 0 saturated heterocycles. The first-order chi connectivity index (χ1) is 15.6. The van der Waals surface area contributed by atoms with Gasteiger partial charge in [-0.05, 0) is 86.2 Å². The molecule has 1 atom stereocenters. The highest BCUT2D eigenvalue weighted by molar-refractivity contribution is 7.67. The predicted molar refractivity (Wildman–Crippen MR) is 132 cm³/mol. The second-order valence-electron chi connectivity index (χ2n) is 8.49. The van der Waals surface area contributed by atoms with E-state index in [1.54, 1.807) is 26.1 Å². The fourth-order valence-corrected chi connectivity index (χ4v) is 5.42. The van der Waals surface area contributed by atoms with Gasteiger partial charge in [0.15, 0.2) is 5.50 Å². The second-order valence-corrected chi connectivity index (χ2v) is 10.9. The molecule has 7 nitrogen and oxygen atoms in total. The van der Waals surface area contributed by atoms with E-state index < -0.39 is 13.4 Å². The molecule has 0 bridgehead atoms. The SMILES string of the molecule is CCOC(=O)CNP(=O)(NC)c1cc2c(C)c(Cc3ccc(O)c(C(C)C)c3)c(C)cc2o1. The molecule has 1 heterocycles. The molecule has 33 heavy (non-hydrogen) atoms. The summed E-state index contributed by atoms with van der Waals surface area (Å²) in [6.45, 7) is 9.98. The Bertz CT molecular complexity index is 1220. The van der Waals surface area contributed by atoms with Crippen molar-refractivity contribution in [3.05, 3.63) is 58.1 Å². The molecule has 2 aromatic carbocycles. The summed E-state index contributed by atoms with van der Waals surface area (Å²) < 4.78 is 24.3. The molecule has 178 valence electrons. The molecule has 0 aliphatic rings. The molecule has 0 aliphatic heterocycles. The van der Waals surface area contributed by atoms with Gasteiger partial charge in [0, 0.05) is 5.39 Å². The Morgan fingerprint density at radius 1 is 1.21 bits per heavy atom. The zero-order valence-corrected chi connectivity index (χ0v) is 21.0. The van der Waals surface area contributed by atoms with Crippen LogP contribution in [-0.2, 0) is 20.5 Å². The first kappa shape index (κ1) is 25.0. The van der Waals surface area contributed by atoms with Crippen LogP contribution in [0.1, 0.15) is 54.5 Å². The van der Waals surface area contributed by atoms with Crippen LogP contribution in [0.2, 0.25) is 0 Å². The molecule has 0 spiro atoms. The maximum absolute atomic E-state index is 13.4. The fraction of sp³-hybridized carbons (Fsp3) is 0.400. The molecule has 8 heteroatoms. The topological polar surface area (TPSA) is 101 Å². The minimum atomic E-state index is -3.34. The van der Waals surface area contributed by atoms with Gasteiger partial charge in [-0.3, -0.25) is 14.4 Å². The van der Waals surface area contributed by atoms with Gasteiger partial charge in [0.05, 0.1) is 6.61 Å². The molecule has 0 saturated carbocycles. The number of phenolic OH excluding ortho intramolecular Hbond substituents is 1. The Morgan fingerprint density at radius 3 is 2.58 bits per heavy atom. The lowest BCUT2D eigenvalue weighted by Crippen LogP contribution is -2.31. The Kier molecular flexibility index (Phi) is 7.68. The summed E-state index contributed by atoms with van der Waals surface area (Å²) in [5.74, 6) is 0.0622. The van der Waals surface area contributed by atoms with E-state index in [4.69, 9.17) is 9.15 Å². The number of hydrogen-bond donors (Lipinski definition) is 3. The third-order valence-electron chi connectivity index (χ3n) is 5.90. The van der Waals surface area contributed by atoms with E-state index in [9.17, 15) is 14.5 Å². The van der Waals surface area contributed by atoms with Crippen LogP contribution in [0.5, 0.6) is 5.75 Å². The second kappa shape index (κ2) is 10.1. The Hall–Kier alpha value is -2.60. The molecule has 0 aliphatic carbocycles. The number of aryl methyl sites for hydroxylation is 2. The number of ether oxygens (including phenoxy) is 1. The number of nitrogens with one attached hydrogen (secondary N) is 2. The van der Waals surface area contributed by atoms with Crippen molar-refractivity contribution in [1.82, 2.24) is 10.2 Å². The van der Waals surface area contributed by atoms with E-state index in [0.717, 1.165) is 33.2 Å². The molecule has 0 fully saturated rings. The van der Waals surface area contributed by atoms with Crippen LogP contribution in [0.3, 0.4) is 0 Å². The van der Waals surface area contributed by atoms with Crippen molar-refractivity contribution < 1.29 is 23.6 Å². The lowest BCUT2D eigenvalue weighted by Gasteiger charge is -2.15. The van der Waals surface area contributed by atoms with E-state index in [2.05, 4.69) is 30.1 Å². The number of esters is 1. The number of furan rings is 1. The van der Waals surface area contributed by atoms with Crippen LogP contribution < -0.4 is 15.7 Å². The van der Waals surface area contributed by atoms with Gasteiger partial charge >= 0.3 is 5.97 Å². The summed E-state index contributed by atoms with van der Waals surface area (Å²) in [7, 11) is -1.78. The summed E-state index contributed by atoms with van der Waals surface area (Å²) in [6, 6.07) is 9.48. The van der Waals surface area contributed by atoms with E-state index in [1.807, 2.05) is 26.0 Å². The highest BCUT2D eigenvalue weighted by atomic mass is 31.2. The minimum Gasteiger partial charge on any atom is -0.508 e. The molecule has 1 unspecified atom stereocenters. The summed E-state index contributed by atoms with van der Waals surface area (Å²) in [5.41, 5.74) is 6.22. The lowest BCUT2D eigenvalue weighted by molar-refractivity contribution is -0.141. The molecule has 1 aromatic heterocycles. The van der Waals surface area contributed by atoms with Gasteiger partial charge in [0.2, 0.25) is 0 Å². The van der Waals surface area contributed by atoms with Crippen molar-refractivity contribution in [1.29, 1.82) is 0 Å². The maximum atomic E-state index is 13.4.